The Kier molecular flexibility index (Phi) is 8.34. The van der Waals surface area contributed by atoms with Crippen molar-refractivity contribution >= 4 is 33.7 Å². The minimum absolute atomic E-state index is 0.174. The first-order valence-corrected chi connectivity index (χ1v) is 10.6. The van der Waals surface area contributed by atoms with E-state index in [9.17, 15) is 4.79 Å². The van der Waals surface area contributed by atoms with E-state index >= 15 is 0 Å². The molecule has 7 heteroatoms. The molecule has 1 fully saturated rings. The van der Waals surface area contributed by atoms with Crippen molar-refractivity contribution in [3.05, 3.63) is 28.2 Å². The van der Waals surface area contributed by atoms with Gasteiger partial charge in [-0.05, 0) is 44.4 Å². The van der Waals surface area contributed by atoms with Crippen LogP contribution in [0.1, 0.15) is 38.3 Å². The number of thiazole rings is 2. The molecule has 0 radical (unpaired) electrons. The van der Waals surface area contributed by atoms with Gasteiger partial charge in [-0.2, -0.15) is 0 Å². The van der Waals surface area contributed by atoms with Crippen LogP contribution in [0.25, 0.3) is 0 Å². The third kappa shape index (κ3) is 7.52. The molecular formula is C18H28N4OS2. The summed E-state index contributed by atoms with van der Waals surface area (Å²) in [6.45, 7) is 5.62. The first-order chi connectivity index (χ1) is 12.0. The number of carbonyl (C=O) groups excluding carboxylic acids is 1. The maximum atomic E-state index is 11.3. The van der Waals surface area contributed by atoms with Crippen LogP contribution in [0.15, 0.2) is 22.5 Å². The van der Waals surface area contributed by atoms with Crippen LogP contribution in [-0.4, -0.2) is 40.9 Å². The average Bonchev–Trinajstić information content (AvgIpc) is 3.29. The Balaban J connectivity index is 0.000000386. The highest BCUT2D eigenvalue weighted by atomic mass is 32.1. The summed E-state index contributed by atoms with van der Waals surface area (Å²) in [5, 5.41) is 8.51. The Morgan fingerprint density at radius 1 is 1.32 bits per heavy atom. The van der Waals surface area contributed by atoms with Gasteiger partial charge in [0.1, 0.15) is 0 Å². The van der Waals surface area contributed by atoms with E-state index in [0.29, 0.717) is 5.92 Å². The highest BCUT2D eigenvalue weighted by Gasteiger charge is 2.22. The summed E-state index contributed by atoms with van der Waals surface area (Å²) >= 11 is 3.29. The number of aryl methyl sites for hydroxylation is 1. The van der Waals surface area contributed by atoms with Crippen LogP contribution in [-0.2, 0) is 4.79 Å². The van der Waals surface area contributed by atoms with E-state index in [2.05, 4.69) is 20.7 Å². The average molecular weight is 381 g/mol. The van der Waals surface area contributed by atoms with Crippen molar-refractivity contribution in [3.8, 4) is 0 Å². The molecule has 5 nitrogen and oxygen atoms in total. The van der Waals surface area contributed by atoms with Crippen LogP contribution >= 0.6 is 22.7 Å². The third-order valence-corrected chi connectivity index (χ3v) is 5.98. The number of aromatic nitrogens is 2. The fourth-order valence-corrected chi connectivity index (χ4v) is 4.03. The molecule has 1 aliphatic rings. The van der Waals surface area contributed by atoms with Gasteiger partial charge < -0.3 is 10.2 Å². The highest BCUT2D eigenvalue weighted by molar-refractivity contribution is 7.13. The van der Waals surface area contributed by atoms with Crippen LogP contribution in [0.5, 0.6) is 0 Å². The smallest absolute Gasteiger partial charge is 0.219 e. The molecule has 1 N–H and O–H groups in total. The summed E-state index contributed by atoms with van der Waals surface area (Å²) in [5.74, 6) is 1.60. The topological polar surface area (TPSA) is 58.1 Å². The van der Waals surface area contributed by atoms with Crippen molar-refractivity contribution in [2.45, 2.75) is 39.5 Å². The van der Waals surface area contributed by atoms with Crippen LogP contribution in [0, 0.1) is 18.8 Å². The van der Waals surface area contributed by atoms with Gasteiger partial charge in [-0.1, -0.05) is 0 Å². The lowest BCUT2D eigenvalue weighted by molar-refractivity contribution is -0.128. The number of carbonyl (C=O) groups is 1. The van der Waals surface area contributed by atoms with E-state index in [4.69, 9.17) is 0 Å². The largest absolute Gasteiger partial charge is 0.361 e. The second-order valence-electron chi connectivity index (χ2n) is 6.64. The molecule has 1 aliphatic carbocycles. The standard InChI is InChI=1S/C15H25N3OS.C3H3NS/c1-11-10-20-15(17-11)16-8-13-4-6-14(7-5-13)9-18(3)12(2)19;1-2-5-3-4-1/h10,13-14H,4-9H2,1-3H3,(H,16,17);1-3H. The predicted molar refractivity (Wildman–Crippen MR) is 106 cm³/mol. The zero-order chi connectivity index (χ0) is 18.1. The summed E-state index contributed by atoms with van der Waals surface area (Å²) in [6.07, 6.45) is 6.76. The Morgan fingerprint density at radius 3 is 2.52 bits per heavy atom. The first kappa shape index (κ1) is 19.8. The Labute approximate surface area is 158 Å². The van der Waals surface area contributed by atoms with E-state index < -0.39 is 0 Å². The Morgan fingerprint density at radius 2 is 2.04 bits per heavy atom. The summed E-state index contributed by atoms with van der Waals surface area (Å²) in [4.78, 5) is 21.3. The van der Waals surface area contributed by atoms with E-state index in [0.717, 1.165) is 29.8 Å². The monoisotopic (exact) mass is 380 g/mol. The lowest BCUT2D eigenvalue weighted by Crippen LogP contribution is -2.32. The maximum Gasteiger partial charge on any atom is 0.219 e. The fourth-order valence-electron chi connectivity index (χ4n) is 2.98. The van der Waals surface area contributed by atoms with Gasteiger partial charge >= 0.3 is 0 Å². The second kappa shape index (κ2) is 10.5. The minimum Gasteiger partial charge on any atom is -0.361 e. The molecule has 0 spiro atoms. The van der Waals surface area contributed by atoms with E-state index in [1.54, 1.807) is 41.3 Å². The second-order valence-corrected chi connectivity index (χ2v) is 8.25. The van der Waals surface area contributed by atoms with Gasteiger partial charge in [-0.25, -0.2) is 4.98 Å². The molecule has 1 amide bonds. The zero-order valence-electron chi connectivity index (χ0n) is 15.3. The molecule has 2 aromatic rings. The molecule has 3 rings (SSSR count). The van der Waals surface area contributed by atoms with Crippen molar-refractivity contribution in [1.29, 1.82) is 0 Å². The summed E-state index contributed by atoms with van der Waals surface area (Å²) < 4.78 is 0. The van der Waals surface area contributed by atoms with Gasteiger partial charge in [-0.15, -0.1) is 22.7 Å². The summed E-state index contributed by atoms with van der Waals surface area (Å²) in [6, 6.07) is 0. The summed E-state index contributed by atoms with van der Waals surface area (Å²) in [7, 11) is 1.90. The van der Waals surface area contributed by atoms with E-state index in [-0.39, 0.29) is 5.91 Å². The number of nitrogens with zero attached hydrogens (tertiary/aromatic N) is 3. The first-order valence-electron chi connectivity index (χ1n) is 8.74. The molecule has 0 atom stereocenters. The molecule has 0 aromatic carbocycles. The van der Waals surface area contributed by atoms with Crippen LogP contribution < -0.4 is 5.32 Å². The van der Waals surface area contributed by atoms with E-state index in [1.165, 1.54) is 25.7 Å². The fraction of sp³-hybridized carbons (Fsp3) is 0.611. The molecule has 2 heterocycles. The summed E-state index contributed by atoms with van der Waals surface area (Å²) in [5.41, 5.74) is 2.88. The zero-order valence-corrected chi connectivity index (χ0v) is 16.9. The lowest BCUT2D eigenvalue weighted by atomic mass is 9.82. The predicted octanol–water partition coefficient (Wildman–Crippen LogP) is 4.29. The van der Waals surface area contributed by atoms with Gasteiger partial charge in [-0.3, -0.25) is 9.78 Å². The number of amides is 1. The molecule has 0 bridgehead atoms. The van der Waals surface area contributed by atoms with Crippen LogP contribution in [0.4, 0.5) is 5.13 Å². The van der Waals surface area contributed by atoms with Crippen molar-refractivity contribution in [3.63, 3.8) is 0 Å². The normalized spacial score (nSPS) is 19.6. The number of rotatable bonds is 5. The molecule has 0 aliphatic heterocycles. The SMILES string of the molecule is CC(=O)N(C)CC1CCC(CNc2nc(C)cs2)CC1.c1cscn1. The molecule has 138 valence electrons. The van der Waals surface area contributed by atoms with E-state index in [1.807, 2.05) is 24.3 Å². The molecule has 1 saturated carbocycles. The molecule has 0 saturated heterocycles. The Bertz CT molecular complexity index is 589. The van der Waals surface area contributed by atoms with Crippen molar-refractivity contribution in [2.24, 2.45) is 11.8 Å². The molecule has 25 heavy (non-hydrogen) atoms. The van der Waals surface area contributed by atoms with Gasteiger partial charge in [0.15, 0.2) is 5.13 Å². The lowest BCUT2D eigenvalue weighted by Gasteiger charge is -2.31. The van der Waals surface area contributed by atoms with Crippen molar-refractivity contribution < 1.29 is 4.79 Å². The van der Waals surface area contributed by atoms with Gasteiger partial charge in [0.2, 0.25) is 5.91 Å². The van der Waals surface area contributed by atoms with Crippen LogP contribution in [0.3, 0.4) is 0 Å². The van der Waals surface area contributed by atoms with Gasteiger partial charge in [0, 0.05) is 44.0 Å². The third-order valence-electron chi connectivity index (χ3n) is 4.54. The maximum absolute atomic E-state index is 11.3. The highest BCUT2D eigenvalue weighted by Crippen LogP contribution is 2.29. The number of hydrogen-bond donors (Lipinski definition) is 1. The number of hydrogen-bond acceptors (Lipinski definition) is 6. The van der Waals surface area contributed by atoms with Crippen molar-refractivity contribution in [2.75, 3.05) is 25.5 Å². The molecule has 0 unspecified atom stereocenters. The van der Waals surface area contributed by atoms with Crippen molar-refractivity contribution in [1.82, 2.24) is 14.9 Å². The molecule has 2 aromatic heterocycles. The van der Waals surface area contributed by atoms with Gasteiger partial charge in [0.05, 0.1) is 11.2 Å². The Hall–Kier alpha value is -1.47. The number of anilines is 1. The molecular weight excluding hydrogens is 352 g/mol. The number of nitrogens with one attached hydrogen (secondary N) is 1. The van der Waals surface area contributed by atoms with Crippen LogP contribution in [0.2, 0.25) is 0 Å². The minimum atomic E-state index is 0.174. The quantitative estimate of drug-likeness (QED) is 0.840. The van der Waals surface area contributed by atoms with Gasteiger partial charge in [0.25, 0.3) is 0 Å².